The third-order valence-electron chi connectivity index (χ3n) is 3.95. The second kappa shape index (κ2) is 10.0. The third-order valence-corrected chi connectivity index (χ3v) is 3.95. The monoisotopic (exact) mass is 425 g/mol. The van der Waals surface area contributed by atoms with Gasteiger partial charge >= 0.3 is 6.18 Å². The molecule has 0 unspecified atom stereocenters. The molecule has 0 radical (unpaired) electrons. The summed E-state index contributed by atoms with van der Waals surface area (Å²) in [5.74, 6) is -0.933. The summed E-state index contributed by atoms with van der Waals surface area (Å²) in [7, 11) is 1.25. The average molecular weight is 425 g/mol. The molecule has 0 saturated carbocycles. The summed E-state index contributed by atoms with van der Waals surface area (Å²) in [5.41, 5.74) is 2.14. The van der Waals surface area contributed by atoms with Gasteiger partial charge in [0.1, 0.15) is 11.3 Å². The highest BCUT2D eigenvalue weighted by Crippen LogP contribution is 2.22. The van der Waals surface area contributed by atoms with Gasteiger partial charge in [-0.1, -0.05) is 6.92 Å². The van der Waals surface area contributed by atoms with Crippen molar-refractivity contribution in [2.75, 3.05) is 13.7 Å². The lowest BCUT2D eigenvalue weighted by atomic mass is 10.1. The molecule has 0 spiro atoms. The van der Waals surface area contributed by atoms with Crippen LogP contribution in [0.1, 0.15) is 40.7 Å². The first-order valence-electron chi connectivity index (χ1n) is 9.12. The largest absolute Gasteiger partial charge is 0.480 e. The Balaban J connectivity index is 2.08. The van der Waals surface area contributed by atoms with E-state index in [1.165, 1.54) is 13.2 Å². The van der Waals surface area contributed by atoms with E-state index in [0.29, 0.717) is 17.8 Å². The van der Waals surface area contributed by atoms with Crippen LogP contribution in [0.15, 0.2) is 24.3 Å². The Morgan fingerprint density at radius 2 is 1.90 bits per heavy atom. The topological polar surface area (TPSA) is 90.4 Å². The molecule has 2 rings (SSSR count). The van der Waals surface area contributed by atoms with Gasteiger partial charge < -0.3 is 14.8 Å². The first-order chi connectivity index (χ1) is 14.1. The molecule has 162 valence electrons. The van der Waals surface area contributed by atoms with Gasteiger partial charge in [0, 0.05) is 36.8 Å². The summed E-state index contributed by atoms with van der Waals surface area (Å²) in [6.07, 6.45) is -3.87. The minimum atomic E-state index is -4.51. The molecule has 0 aliphatic heterocycles. The highest BCUT2D eigenvalue weighted by molar-refractivity contribution is 5.96. The Kier molecular flexibility index (Phi) is 7.73. The smallest absolute Gasteiger partial charge is 0.422 e. The van der Waals surface area contributed by atoms with Crippen LogP contribution in [0.4, 0.5) is 13.2 Å². The molecule has 1 amide bonds. The lowest BCUT2D eigenvalue weighted by Gasteiger charge is -2.12. The molecule has 10 heteroatoms. The van der Waals surface area contributed by atoms with Crippen molar-refractivity contribution < 1.29 is 32.2 Å². The van der Waals surface area contributed by atoms with Crippen molar-refractivity contribution in [3.05, 3.63) is 46.8 Å². The Morgan fingerprint density at radius 3 is 2.53 bits per heavy atom. The van der Waals surface area contributed by atoms with E-state index in [0.717, 1.165) is 11.6 Å². The quantitative estimate of drug-likeness (QED) is 0.664. The van der Waals surface area contributed by atoms with E-state index in [1.54, 1.807) is 26.0 Å². The van der Waals surface area contributed by atoms with Gasteiger partial charge in [-0.2, -0.15) is 18.2 Å². The molecule has 0 aliphatic rings. The molecular formula is C20H22F3N3O4. The van der Waals surface area contributed by atoms with E-state index >= 15 is 0 Å². The number of rotatable bonds is 9. The first kappa shape index (κ1) is 23.1. The summed E-state index contributed by atoms with van der Waals surface area (Å²) in [6, 6.07) is 5.96. The summed E-state index contributed by atoms with van der Waals surface area (Å²) in [5, 5.41) is 2.69. The molecule has 0 aromatic carbocycles. The number of ketones is 1. The number of aryl methyl sites for hydroxylation is 1. The van der Waals surface area contributed by atoms with E-state index < -0.39 is 18.7 Å². The van der Waals surface area contributed by atoms with Crippen LogP contribution in [0.25, 0.3) is 0 Å². The number of halogens is 3. The summed E-state index contributed by atoms with van der Waals surface area (Å²) in [6.45, 7) is 2.22. The van der Waals surface area contributed by atoms with Gasteiger partial charge in [0.15, 0.2) is 6.61 Å². The van der Waals surface area contributed by atoms with Crippen LogP contribution in [-0.2, 0) is 17.8 Å². The average Bonchev–Trinajstić information content (AvgIpc) is 2.69. The number of hydrogen-bond donors (Lipinski definition) is 1. The van der Waals surface area contributed by atoms with Crippen molar-refractivity contribution in [3.63, 3.8) is 0 Å². The zero-order chi connectivity index (χ0) is 22.3. The normalized spacial score (nSPS) is 11.1. The maximum absolute atomic E-state index is 12.5. The number of pyridine rings is 2. The SMILES string of the molecule is CCC(=O)Cc1cc(CNC(=O)c2ccc(OCC(F)(F)F)nc2OC)cc(C)n1. The number of Topliss-reactive ketones (excluding diaryl/α,β-unsaturated/α-hetero) is 1. The van der Waals surface area contributed by atoms with Crippen LogP contribution in [0.2, 0.25) is 0 Å². The summed E-state index contributed by atoms with van der Waals surface area (Å²) >= 11 is 0. The number of alkyl halides is 3. The number of nitrogens with one attached hydrogen (secondary N) is 1. The van der Waals surface area contributed by atoms with Crippen LogP contribution in [0.5, 0.6) is 11.8 Å². The fourth-order valence-electron chi connectivity index (χ4n) is 2.60. The van der Waals surface area contributed by atoms with Crippen molar-refractivity contribution in [2.24, 2.45) is 0 Å². The predicted molar refractivity (Wildman–Crippen MR) is 101 cm³/mol. The van der Waals surface area contributed by atoms with Crippen LogP contribution in [-0.4, -0.2) is 41.6 Å². The van der Waals surface area contributed by atoms with Crippen molar-refractivity contribution in [3.8, 4) is 11.8 Å². The Bertz CT molecular complexity index is 917. The predicted octanol–water partition coefficient (Wildman–Crippen LogP) is 3.19. The standard InChI is InChI=1S/C20H22F3N3O4/c1-4-15(27)9-14-8-13(7-12(2)25-14)10-24-18(28)16-5-6-17(26-19(16)29-3)30-11-20(21,22)23/h5-8H,4,9-11H2,1-3H3,(H,24,28). The first-order valence-corrected chi connectivity index (χ1v) is 9.12. The van der Waals surface area contributed by atoms with Crippen LogP contribution in [0, 0.1) is 6.92 Å². The second-order valence-electron chi connectivity index (χ2n) is 6.47. The molecule has 0 saturated heterocycles. The Labute approximate surface area is 171 Å². The minimum absolute atomic E-state index is 0.0454. The van der Waals surface area contributed by atoms with E-state index in [4.69, 9.17) is 4.74 Å². The zero-order valence-electron chi connectivity index (χ0n) is 16.8. The number of amides is 1. The Hall–Kier alpha value is -3.17. The molecule has 2 aromatic heterocycles. The maximum Gasteiger partial charge on any atom is 0.422 e. The molecule has 0 fully saturated rings. The van der Waals surface area contributed by atoms with Gasteiger partial charge in [-0.25, -0.2) is 0 Å². The summed E-state index contributed by atoms with van der Waals surface area (Å²) < 4.78 is 46.4. The minimum Gasteiger partial charge on any atom is -0.480 e. The highest BCUT2D eigenvalue weighted by Gasteiger charge is 2.29. The van der Waals surface area contributed by atoms with Gasteiger partial charge in [-0.05, 0) is 30.7 Å². The number of nitrogens with zero attached hydrogens (tertiary/aromatic N) is 2. The molecular weight excluding hydrogens is 403 g/mol. The van der Waals surface area contributed by atoms with Gasteiger partial charge in [-0.3, -0.25) is 14.6 Å². The number of hydrogen-bond acceptors (Lipinski definition) is 6. The number of methoxy groups -OCH3 is 1. The van der Waals surface area contributed by atoms with Crippen LogP contribution in [0.3, 0.4) is 0 Å². The van der Waals surface area contributed by atoms with E-state index in [-0.39, 0.29) is 36.1 Å². The zero-order valence-corrected chi connectivity index (χ0v) is 16.8. The fraction of sp³-hybridized carbons (Fsp3) is 0.400. The van der Waals surface area contributed by atoms with Crippen molar-refractivity contribution in [1.29, 1.82) is 0 Å². The number of carbonyl (C=O) groups is 2. The third kappa shape index (κ3) is 7.02. The number of ether oxygens (including phenoxy) is 2. The van der Waals surface area contributed by atoms with E-state index in [9.17, 15) is 22.8 Å². The lowest BCUT2D eigenvalue weighted by Crippen LogP contribution is -2.24. The van der Waals surface area contributed by atoms with E-state index in [1.807, 2.05) is 0 Å². The van der Waals surface area contributed by atoms with Crippen molar-refractivity contribution in [2.45, 2.75) is 39.4 Å². The van der Waals surface area contributed by atoms with Gasteiger partial charge in [0.05, 0.1) is 7.11 Å². The molecule has 0 bridgehead atoms. The van der Waals surface area contributed by atoms with Crippen molar-refractivity contribution >= 4 is 11.7 Å². The molecule has 7 nitrogen and oxygen atoms in total. The fourth-order valence-corrected chi connectivity index (χ4v) is 2.60. The molecule has 2 aromatic rings. The maximum atomic E-state index is 12.5. The van der Waals surface area contributed by atoms with Gasteiger partial charge in [0.25, 0.3) is 5.91 Å². The van der Waals surface area contributed by atoms with Crippen molar-refractivity contribution in [1.82, 2.24) is 15.3 Å². The van der Waals surface area contributed by atoms with E-state index in [2.05, 4.69) is 20.0 Å². The molecule has 2 heterocycles. The molecule has 0 aliphatic carbocycles. The van der Waals surface area contributed by atoms with Crippen LogP contribution >= 0.6 is 0 Å². The van der Waals surface area contributed by atoms with Gasteiger partial charge in [-0.15, -0.1) is 0 Å². The van der Waals surface area contributed by atoms with Crippen LogP contribution < -0.4 is 14.8 Å². The molecule has 1 N–H and O–H groups in total. The molecule has 0 atom stereocenters. The lowest BCUT2D eigenvalue weighted by molar-refractivity contribution is -0.154. The highest BCUT2D eigenvalue weighted by atomic mass is 19.4. The molecule has 30 heavy (non-hydrogen) atoms. The number of aromatic nitrogens is 2. The second-order valence-corrected chi connectivity index (χ2v) is 6.47. The summed E-state index contributed by atoms with van der Waals surface area (Å²) in [4.78, 5) is 32.3. The Morgan fingerprint density at radius 1 is 1.17 bits per heavy atom. The van der Waals surface area contributed by atoms with Gasteiger partial charge in [0.2, 0.25) is 11.8 Å². The number of carbonyl (C=O) groups excluding carboxylic acids is 2.